The summed E-state index contributed by atoms with van der Waals surface area (Å²) >= 11 is 0. The maximum atomic E-state index is 10.6. The summed E-state index contributed by atoms with van der Waals surface area (Å²) < 4.78 is 0. The fraction of sp³-hybridized carbons (Fsp3) is 0.545. The molecule has 1 fully saturated rings. The van der Waals surface area contributed by atoms with E-state index in [0.717, 1.165) is 13.1 Å². The lowest BCUT2D eigenvalue weighted by Gasteiger charge is -2.28. The molecule has 1 aliphatic heterocycles. The van der Waals surface area contributed by atoms with E-state index < -0.39 is 0 Å². The molecule has 0 spiro atoms. The number of rotatable bonds is 2. The Morgan fingerprint density at radius 1 is 1.31 bits per heavy atom. The molecule has 1 heterocycles. The Kier molecular flexibility index (Phi) is 4.15. The minimum atomic E-state index is 0.493. The van der Waals surface area contributed by atoms with Crippen LogP contribution < -0.4 is 0 Å². The minimum absolute atomic E-state index is 0.493. The Hall–Kier alpha value is -1.19. The number of allylic oxidation sites excluding steroid dienone is 1. The van der Waals surface area contributed by atoms with Gasteiger partial charge in [-0.15, -0.1) is 5.92 Å². The van der Waals surface area contributed by atoms with Gasteiger partial charge in [0, 0.05) is 20.0 Å². The van der Waals surface area contributed by atoms with E-state index in [-0.39, 0.29) is 0 Å². The van der Waals surface area contributed by atoms with Crippen molar-refractivity contribution in [2.45, 2.75) is 25.7 Å². The third kappa shape index (κ3) is 2.97. The van der Waals surface area contributed by atoms with E-state index in [1.54, 1.807) is 0 Å². The van der Waals surface area contributed by atoms with Crippen LogP contribution in [0.5, 0.6) is 0 Å². The first kappa shape index (κ1) is 9.89. The van der Waals surface area contributed by atoms with Gasteiger partial charge in [-0.3, -0.25) is 0 Å². The van der Waals surface area contributed by atoms with Crippen molar-refractivity contribution in [2.75, 3.05) is 13.1 Å². The summed E-state index contributed by atoms with van der Waals surface area (Å²) in [5.41, 5.74) is 0.691. The Morgan fingerprint density at radius 3 is 2.54 bits per heavy atom. The standard InChI is InChI=1S/C11H14NO/c1-2-3-7-11(10-13)12-8-5-4-6-9-12/h1,4-9H2. The molecule has 1 rings (SSSR count). The van der Waals surface area contributed by atoms with Gasteiger partial charge in [-0.25, -0.2) is 4.79 Å². The average molecular weight is 176 g/mol. The van der Waals surface area contributed by atoms with Crippen molar-refractivity contribution in [3.63, 3.8) is 0 Å². The first-order valence-electron chi connectivity index (χ1n) is 4.62. The summed E-state index contributed by atoms with van der Waals surface area (Å²) in [4.78, 5) is 12.7. The van der Waals surface area contributed by atoms with Crippen LogP contribution in [0.4, 0.5) is 0 Å². The molecular formula is C11H14NO. The molecule has 2 heteroatoms. The molecule has 1 saturated heterocycles. The van der Waals surface area contributed by atoms with Crippen LogP contribution in [0.25, 0.3) is 0 Å². The number of carbonyl (C=O) groups excluding carboxylic acids is 1. The van der Waals surface area contributed by atoms with E-state index in [4.69, 9.17) is 0 Å². The van der Waals surface area contributed by atoms with Gasteiger partial charge in [-0.05, 0) is 19.3 Å². The Balaban J connectivity index is 2.53. The molecule has 1 radical (unpaired) electrons. The highest BCUT2D eigenvalue weighted by Gasteiger charge is 2.12. The van der Waals surface area contributed by atoms with E-state index >= 15 is 0 Å². The predicted molar refractivity (Wildman–Crippen MR) is 52.4 cm³/mol. The van der Waals surface area contributed by atoms with Gasteiger partial charge in [0.05, 0.1) is 6.42 Å². The van der Waals surface area contributed by atoms with E-state index in [2.05, 4.69) is 23.7 Å². The monoisotopic (exact) mass is 176 g/mol. The fourth-order valence-electron chi connectivity index (χ4n) is 1.52. The lowest BCUT2D eigenvalue weighted by molar-refractivity contribution is 0.283. The van der Waals surface area contributed by atoms with Crippen LogP contribution in [-0.2, 0) is 4.79 Å². The molecule has 0 aromatic heterocycles. The van der Waals surface area contributed by atoms with Crippen molar-refractivity contribution in [1.82, 2.24) is 4.90 Å². The Morgan fingerprint density at radius 2 is 2.00 bits per heavy atom. The molecule has 0 amide bonds. The number of likely N-dealkylation sites (tertiary alicyclic amines) is 1. The highest BCUT2D eigenvalue weighted by Crippen LogP contribution is 2.14. The number of nitrogens with zero attached hydrogens (tertiary/aromatic N) is 1. The Labute approximate surface area is 79.6 Å². The van der Waals surface area contributed by atoms with E-state index in [9.17, 15) is 4.79 Å². The lowest BCUT2D eigenvalue weighted by atomic mass is 10.1. The summed E-state index contributed by atoms with van der Waals surface area (Å²) in [6.07, 6.45) is 4.10. The smallest absolute Gasteiger partial charge is 0.146 e. The lowest BCUT2D eigenvalue weighted by Crippen LogP contribution is -2.29. The van der Waals surface area contributed by atoms with Crippen LogP contribution in [0.15, 0.2) is 5.70 Å². The van der Waals surface area contributed by atoms with Gasteiger partial charge < -0.3 is 4.90 Å². The summed E-state index contributed by atoms with van der Waals surface area (Å²) in [5.74, 6) is 7.31. The zero-order valence-electron chi connectivity index (χ0n) is 7.81. The van der Waals surface area contributed by atoms with Gasteiger partial charge in [0.25, 0.3) is 0 Å². The summed E-state index contributed by atoms with van der Waals surface area (Å²) in [7, 11) is 0. The van der Waals surface area contributed by atoms with Crippen molar-refractivity contribution >= 4 is 5.94 Å². The zero-order valence-corrected chi connectivity index (χ0v) is 7.81. The summed E-state index contributed by atoms with van der Waals surface area (Å²) in [6, 6.07) is 0. The number of hydrogen-bond donors (Lipinski definition) is 0. The van der Waals surface area contributed by atoms with Crippen molar-refractivity contribution < 1.29 is 4.79 Å². The molecule has 0 aromatic rings. The molecule has 2 nitrogen and oxygen atoms in total. The maximum Gasteiger partial charge on any atom is 0.146 e. The van der Waals surface area contributed by atoms with Gasteiger partial charge in [-0.1, -0.05) is 5.92 Å². The third-order valence-corrected chi connectivity index (χ3v) is 2.24. The topological polar surface area (TPSA) is 20.3 Å². The normalized spacial score (nSPS) is 15.6. The second kappa shape index (κ2) is 5.45. The summed E-state index contributed by atoms with van der Waals surface area (Å²) in [6.45, 7) is 5.37. The third-order valence-electron chi connectivity index (χ3n) is 2.24. The molecule has 0 aliphatic carbocycles. The van der Waals surface area contributed by atoms with Crippen LogP contribution >= 0.6 is 0 Å². The van der Waals surface area contributed by atoms with Gasteiger partial charge >= 0.3 is 0 Å². The van der Waals surface area contributed by atoms with Gasteiger partial charge in [0.2, 0.25) is 0 Å². The van der Waals surface area contributed by atoms with Crippen molar-refractivity contribution in [3.8, 4) is 11.8 Å². The van der Waals surface area contributed by atoms with Gasteiger partial charge in [0.15, 0.2) is 0 Å². The quantitative estimate of drug-likeness (QED) is 0.468. The zero-order chi connectivity index (χ0) is 9.52. The first-order valence-corrected chi connectivity index (χ1v) is 4.62. The van der Waals surface area contributed by atoms with Gasteiger partial charge in [-0.2, -0.15) is 0 Å². The molecule has 1 aliphatic rings. The van der Waals surface area contributed by atoms with E-state index in [1.807, 2.05) is 5.94 Å². The van der Waals surface area contributed by atoms with Crippen molar-refractivity contribution in [1.29, 1.82) is 0 Å². The molecule has 0 N–H and O–H groups in total. The SMILES string of the molecule is [CH2]C#CCC(=C=O)N1CCCCC1. The fourth-order valence-corrected chi connectivity index (χ4v) is 1.52. The maximum absolute atomic E-state index is 10.6. The molecular weight excluding hydrogens is 162 g/mol. The second-order valence-corrected chi connectivity index (χ2v) is 3.13. The highest BCUT2D eigenvalue weighted by molar-refractivity contribution is 5.52. The molecule has 0 atom stereocenters. The molecule has 0 saturated carbocycles. The van der Waals surface area contributed by atoms with Crippen LogP contribution in [0.3, 0.4) is 0 Å². The number of piperidine rings is 1. The number of hydrogen-bond acceptors (Lipinski definition) is 2. The first-order chi connectivity index (χ1) is 6.38. The molecule has 13 heavy (non-hydrogen) atoms. The van der Waals surface area contributed by atoms with Crippen LogP contribution in [0.2, 0.25) is 0 Å². The molecule has 0 bridgehead atoms. The largest absolute Gasteiger partial charge is 0.365 e. The van der Waals surface area contributed by atoms with Crippen LogP contribution in [0, 0.1) is 18.8 Å². The van der Waals surface area contributed by atoms with Gasteiger partial charge in [0.1, 0.15) is 11.6 Å². The highest BCUT2D eigenvalue weighted by atomic mass is 16.1. The summed E-state index contributed by atoms with van der Waals surface area (Å²) in [5, 5.41) is 0. The van der Waals surface area contributed by atoms with Crippen molar-refractivity contribution in [3.05, 3.63) is 12.6 Å². The predicted octanol–water partition coefficient (Wildman–Crippen LogP) is 1.42. The minimum Gasteiger partial charge on any atom is -0.365 e. The Bertz CT molecular complexity index is 260. The van der Waals surface area contributed by atoms with E-state index in [1.165, 1.54) is 19.3 Å². The molecule has 0 aromatic carbocycles. The van der Waals surface area contributed by atoms with Crippen molar-refractivity contribution in [2.24, 2.45) is 0 Å². The van der Waals surface area contributed by atoms with Crippen LogP contribution in [0.1, 0.15) is 25.7 Å². The van der Waals surface area contributed by atoms with Crippen LogP contribution in [-0.4, -0.2) is 23.9 Å². The average Bonchev–Trinajstić information content (AvgIpc) is 2.21. The molecule has 0 unspecified atom stereocenters. The van der Waals surface area contributed by atoms with E-state index in [0.29, 0.717) is 12.1 Å². The molecule has 69 valence electrons. The second-order valence-electron chi connectivity index (χ2n) is 3.13.